The van der Waals surface area contributed by atoms with Crippen LogP contribution in [0, 0.1) is 11.8 Å². The molecule has 2 atom stereocenters. The Morgan fingerprint density at radius 1 is 1.23 bits per heavy atom. The molecule has 0 N–H and O–H groups in total. The van der Waals surface area contributed by atoms with E-state index >= 15 is 0 Å². The maximum absolute atomic E-state index is 12.9. The fourth-order valence-corrected chi connectivity index (χ4v) is 3.05. The van der Waals surface area contributed by atoms with Crippen LogP contribution >= 0.6 is 0 Å². The van der Waals surface area contributed by atoms with Gasteiger partial charge in [0.1, 0.15) is 5.69 Å². The van der Waals surface area contributed by atoms with Gasteiger partial charge in [0.05, 0.1) is 0 Å². The molecule has 1 amide bonds. The number of carbonyl (C=O) groups excluding carboxylic acids is 1. The summed E-state index contributed by atoms with van der Waals surface area (Å²) < 4.78 is 0. The zero-order chi connectivity index (χ0) is 16.4. The third-order valence-corrected chi connectivity index (χ3v) is 4.10. The highest BCUT2D eigenvalue weighted by atomic mass is 16.2. The molecule has 0 aromatic carbocycles. The van der Waals surface area contributed by atoms with E-state index in [9.17, 15) is 4.79 Å². The molecule has 5 heteroatoms. The van der Waals surface area contributed by atoms with Crippen molar-refractivity contribution in [2.45, 2.75) is 40.0 Å². The van der Waals surface area contributed by atoms with Crippen molar-refractivity contribution in [2.75, 3.05) is 32.1 Å². The monoisotopic (exact) mass is 304 g/mol. The summed E-state index contributed by atoms with van der Waals surface area (Å²) in [6.45, 7) is 10.2. The van der Waals surface area contributed by atoms with Gasteiger partial charge in [-0.1, -0.05) is 27.7 Å². The van der Waals surface area contributed by atoms with E-state index in [1.807, 2.05) is 30.0 Å². The van der Waals surface area contributed by atoms with E-state index in [2.05, 4.69) is 37.7 Å². The van der Waals surface area contributed by atoms with Gasteiger partial charge in [0.2, 0.25) is 5.95 Å². The van der Waals surface area contributed by atoms with Crippen molar-refractivity contribution in [2.24, 2.45) is 11.8 Å². The van der Waals surface area contributed by atoms with Gasteiger partial charge in [0.15, 0.2) is 0 Å². The summed E-state index contributed by atoms with van der Waals surface area (Å²) in [4.78, 5) is 25.7. The van der Waals surface area contributed by atoms with Gasteiger partial charge in [-0.05, 0) is 30.2 Å². The molecule has 0 unspecified atom stereocenters. The molecule has 0 radical (unpaired) electrons. The average molecular weight is 304 g/mol. The molecule has 1 aromatic heterocycles. The number of likely N-dealkylation sites (tertiary alicyclic amines) is 1. The first-order valence-corrected chi connectivity index (χ1v) is 8.13. The first-order chi connectivity index (χ1) is 10.3. The summed E-state index contributed by atoms with van der Waals surface area (Å²) in [5.41, 5.74) is 1.43. The number of hydrogen-bond acceptors (Lipinski definition) is 4. The Kier molecular flexibility index (Phi) is 5.04. The van der Waals surface area contributed by atoms with Crippen LogP contribution in [0.5, 0.6) is 0 Å². The molecule has 22 heavy (non-hydrogen) atoms. The van der Waals surface area contributed by atoms with Crippen molar-refractivity contribution in [3.05, 3.63) is 17.5 Å². The Balaban J connectivity index is 2.32. The Morgan fingerprint density at radius 2 is 1.82 bits per heavy atom. The molecule has 1 aromatic rings. The molecule has 1 aliphatic heterocycles. The van der Waals surface area contributed by atoms with Crippen LogP contribution in [-0.2, 0) is 0 Å². The summed E-state index contributed by atoms with van der Waals surface area (Å²) in [6.07, 6.45) is 1.19. The van der Waals surface area contributed by atoms with E-state index in [4.69, 9.17) is 0 Å². The summed E-state index contributed by atoms with van der Waals surface area (Å²) in [5, 5.41) is 0. The molecule has 1 aliphatic rings. The summed E-state index contributed by atoms with van der Waals surface area (Å²) in [7, 11) is 3.80. The van der Waals surface area contributed by atoms with Gasteiger partial charge in [-0.15, -0.1) is 0 Å². The molecular weight excluding hydrogens is 276 g/mol. The molecule has 122 valence electrons. The summed E-state index contributed by atoms with van der Waals surface area (Å²) >= 11 is 0. The summed E-state index contributed by atoms with van der Waals surface area (Å²) in [6, 6.07) is 1.85. The predicted octanol–water partition coefficient (Wildman–Crippen LogP) is 2.78. The highest BCUT2D eigenvalue weighted by molar-refractivity contribution is 5.92. The van der Waals surface area contributed by atoms with E-state index in [0.29, 0.717) is 23.5 Å². The number of carbonyl (C=O) groups is 1. The van der Waals surface area contributed by atoms with Crippen molar-refractivity contribution in [1.29, 1.82) is 0 Å². The van der Waals surface area contributed by atoms with Crippen LogP contribution in [0.4, 0.5) is 5.95 Å². The number of hydrogen-bond donors (Lipinski definition) is 0. The molecular formula is C17H28N4O. The van der Waals surface area contributed by atoms with Crippen LogP contribution in [0.2, 0.25) is 0 Å². The lowest BCUT2D eigenvalue weighted by Crippen LogP contribution is -2.43. The third kappa shape index (κ3) is 3.76. The van der Waals surface area contributed by atoms with Gasteiger partial charge in [-0.2, -0.15) is 0 Å². The predicted molar refractivity (Wildman–Crippen MR) is 89.3 cm³/mol. The van der Waals surface area contributed by atoms with Crippen LogP contribution in [0.25, 0.3) is 0 Å². The van der Waals surface area contributed by atoms with Crippen LogP contribution in [0.15, 0.2) is 6.07 Å². The molecule has 1 saturated heterocycles. The molecule has 0 aliphatic carbocycles. The van der Waals surface area contributed by atoms with Gasteiger partial charge in [-0.3, -0.25) is 4.79 Å². The van der Waals surface area contributed by atoms with E-state index in [1.165, 1.54) is 6.42 Å². The molecule has 2 heterocycles. The number of amides is 1. The first-order valence-electron chi connectivity index (χ1n) is 8.13. The van der Waals surface area contributed by atoms with Crippen molar-refractivity contribution in [3.8, 4) is 0 Å². The minimum Gasteiger partial charge on any atom is -0.347 e. The third-order valence-electron chi connectivity index (χ3n) is 4.10. The second-order valence-corrected chi connectivity index (χ2v) is 7.18. The maximum atomic E-state index is 12.9. The minimum absolute atomic E-state index is 0.0331. The smallest absolute Gasteiger partial charge is 0.272 e. The van der Waals surface area contributed by atoms with E-state index in [1.54, 1.807) is 0 Å². The van der Waals surface area contributed by atoms with Crippen molar-refractivity contribution in [3.63, 3.8) is 0 Å². The summed E-state index contributed by atoms with van der Waals surface area (Å²) in [5.74, 6) is 2.01. The number of anilines is 1. The van der Waals surface area contributed by atoms with Gasteiger partial charge in [0.25, 0.3) is 5.91 Å². The highest BCUT2D eigenvalue weighted by Gasteiger charge is 2.27. The Labute approximate surface area is 133 Å². The van der Waals surface area contributed by atoms with Crippen LogP contribution in [0.1, 0.15) is 56.2 Å². The SMILES string of the molecule is CC(C)c1cc(C(=O)N2C[C@@H](C)C[C@H](C)C2)nc(N(C)C)n1. The van der Waals surface area contributed by atoms with Crippen LogP contribution < -0.4 is 4.90 Å². The van der Waals surface area contributed by atoms with Gasteiger partial charge < -0.3 is 9.80 Å². The number of piperidine rings is 1. The standard InChI is InChI=1S/C17H28N4O/c1-11(2)14-8-15(19-17(18-14)20(5)6)16(22)21-9-12(3)7-13(4)10-21/h8,11-13H,7,9-10H2,1-6H3/t12-,13-/m0/s1. The van der Waals surface area contributed by atoms with Crippen molar-refractivity contribution in [1.82, 2.24) is 14.9 Å². The van der Waals surface area contributed by atoms with Crippen molar-refractivity contribution >= 4 is 11.9 Å². The first kappa shape index (κ1) is 16.7. The number of rotatable bonds is 3. The zero-order valence-electron chi connectivity index (χ0n) is 14.6. The molecule has 0 bridgehead atoms. The minimum atomic E-state index is 0.0331. The number of aromatic nitrogens is 2. The topological polar surface area (TPSA) is 49.3 Å². The highest BCUT2D eigenvalue weighted by Crippen LogP contribution is 2.23. The Morgan fingerprint density at radius 3 is 2.32 bits per heavy atom. The molecule has 0 saturated carbocycles. The molecule has 1 fully saturated rings. The number of nitrogens with zero attached hydrogens (tertiary/aromatic N) is 4. The maximum Gasteiger partial charge on any atom is 0.272 e. The van der Waals surface area contributed by atoms with Crippen molar-refractivity contribution < 1.29 is 4.79 Å². The molecule has 0 spiro atoms. The lowest BCUT2D eigenvalue weighted by Gasteiger charge is -2.34. The molecule has 5 nitrogen and oxygen atoms in total. The lowest BCUT2D eigenvalue weighted by atomic mass is 9.91. The van der Waals surface area contributed by atoms with Gasteiger partial charge >= 0.3 is 0 Å². The van der Waals surface area contributed by atoms with E-state index in [0.717, 1.165) is 18.8 Å². The Hall–Kier alpha value is -1.65. The lowest BCUT2D eigenvalue weighted by molar-refractivity contribution is 0.0617. The second-order valence-electron chi connectivity index (χ2n) is 7.18. The molecule has 2 rings (SSSR count). The van der Waals surface area contributed by atoms with Crippen LogP contribution in [-0.4, -0.2) is 48.0 Å². The Bertz CT molecular complexity index is 505. The quantitative estimate of drug-likeness (QED) is 0.861. The van der Waals surface area contributed by atoms with E-state index in [-0.39, 0.29) is 11.8 Å². The fraction of sp³-hybridized carbons (Fsp3) is 0.706. The zero-order valence-corrected chi connectivity index (χ0v) is 14.6. The second kappa shape index (κ2) is 6.63. The van der Waals surface area contributed by atoms with Gasteiger partial charge in [0, 0.05) is 32.9 Å². The fourth-order valence-electron chi connectivity index (χ4n) is 3.05. The van der Waals surface area contributed by atoms with E-state index < -0.39 is 0 Å². The average Bonchev–Trinajstić information content (AvgIpc) is 2.44. The van der Waals surface area contributed by atoms with Crippen LogP contribution in [0.3, 0.4) is 0 Å². The van der Waals surface area contributed by atoms with Gasteiger partial charge in [-0.25, -0.2) is 9.97 Å². The normalized spacial score (nSPS) is 22.0. The largest absolute Gasteiger partial charge is 0.347 e.